The van der Waals surface area contributed by atoms with Crippen LogP contribution in [0.25, 0.3) is 0 Å². The van der Waals surface area contributed by atoms with Gasteiger partial charge in [0.1, 0.15) is 7.85 Å². The molecular weight excluding hydrogens is 319 g/mol. The smallest absolute Gasteiger partial charge is 0.113 e. The van der Waals surface area contributed by atoms with Crippen LogP contribution in [0.3, 0.4) is 0 Å². The highest BCUT2D eigenvalue weighted by atomic mass is 16.4. The number of benzene rings is 2. The summed E-state index contributed by atoms with van der Waals surface area (Å²) in [7, 11) is 5.86. The van der Waals surface area contributed by atoms with Crippen LogP contribution >= 0.6 is 0 Å². The first-order valence-electron chi connectivity index (χ1n) is 8.67. The summed E-state index contributed by atoms with van der Waals surface area (Å²) in [6, 6.07) is 20.1. The van der Waals surface area contributed by atoms with E-state index in [0.717, 1.165) is 22.3 Å². The molecule has 0 fully saturated rings. The standard InChI is InChI=1S/C22H21BN2O/c1-16-4-2-3-5-21(16)22(18-6-8-19(23)9-7-18)15-20(25-26)14-17-10-12-24-13-11-17/h2-13,22,26H,14-15H2,1H3/b25-20-/t22-/m1/s1. The average molecular weight is 340 g/mol. The van der Waals surface area contributed by atoms with Crippen LogP contribution in [0.4, 0.5) is 0 Å². The highest BCUT2D eigenvalue weighted by molar-refractivity contribution is 6.32. The minimum atomic E-state index is 0.101. The first-order valence-corrected chi connectivity index (χ1v) is 8.67. The molecule has 0 aliphatic heterocycles. The second-order valence-corrected chi connectivity index (χ2v) is 6.48. The van der Waals surface area contributed by atoms with Crippen molar-refractivity contribution in [3.63, 3.8) is 0 Å². The quantitative estimate of drug-likeness (QED) is 0.321. The van der Waals surface area contributed by atoms with Crippen molar-refractivity contribution >= 4 is 19.0 Å². The van der Waals surface area contributed by atoms with Gasteiger partial charge in [-0.1, -0.05) is 59.1 Å². The number of nitrogens with zero attached hydrogens (tertiary/aromatic N) is 2. The van der Waals surface area contributed by atoms with Crippen LogP contribution in [0.2, 0.25) is 0 Å². The molecule has 0 bridgehead atoms. The molecular formula is C22H21BN2O. The average Bonchev–Trinajstić information content (AvgIpc) is 2.67. The fraction of sp³-hybridized carbons (Fsp3) is 0.182. The molecule has 4 heteroatoms. The summed E-state index contributed by atoms with van der Waals surface area (Å²) in [6.45, 7) is 2.11. The Bertz CT molecular complexity index is 876. The first-order chi connectivity index (χ1) is 12.7. The fourth-order valence-corrected chi connectivity index (χ4v) is 3.23. The van der Waals surface area contributed by atoms with E-state index in [9.17, 15) is 5.21 Å². The van der Waals surface area contributed by atoms with E-state index < -0.39 is 0 Å². The first kappa shape index (κ1) is 17.9. The SMILES string of the molecule is [B]c1ccc([C@@H](C/C(Cc2ccncc2)=N\O)c2ccccc2C)cc1. The van der Waals surface area contributed by atoms with Crippen LogP contribution in [0, 0.1) is 6.92 Å². The number of aryl methyl sites for hydroxylation is 1. The summed E-state index contributed by atoms with van der Waals surface area (Å²) in [5.74, 6) is 0.101. The second-order valence-electron chi connectivity index (χ2n) is 6.48. The van der Waals surface area contributed by atoms with Crippen molar-refractivity contribution in [2.24, 2.45) is 5.16 Å². The Balaban J connectivity index is 1.92. The van der Waals surface area contributed by atoms with Gasteiger partial charge in [0, 0.05) is 31.2 Å². The van der Waals surface area contributed by atoms with E-state index in [2.05, 4.69) is 29.2 Å². The summed E-state index contributed by atoms with van der Waals surface area (Å²) >= 11 is 0. The van der Waals surface area contributed by atoms with Gasteiger partial charge >= 0.3 is 0 Å². The molecule has 0 aliphatic carbocycles. The minimum Gasteiger partial charge on any atom is -0.411 e. The summed E-state index contributed by atoms with van der Waals surface area (Å²) < 4.78 is 0. The van der Waals surface area contributed by atoms with E-state index in [0.29, 0.717) is 12.8 Å². The van der Waals surface area contributed by atoms with Gasteiger partial charge in [-0.05, 0) is 41.3 Å². The Morgan fingerprint density at radius 2 is 1.73 bits per heavy atom. The molecule has 0 saturated heterocycles. The van der Waals surface area contributed by atoms with E-state index in [-0.39, 0.29) is 5.92 Å². The highest BCUT2D eigenvalue weighted by Crippen LogP contribution is 2.31. The number of oxime groups is 1. The predicted molar refractivity (Wildman–Crippen MR) is 107 cm³/mol. The van der Waals surface area contributed by atoms with Gasteiger partial charge in [-0.2, -0.15) is 0 Å². The van der Waals surface area contributed by atoms with Gasteiger partial charge in [0.05, 0.1) is 5.71 Å². The molecule has 3 aromatic rings. The zero-order valence-corrected chi connectivity index (χ0v) is 14.8. The number of rotatable bonds is 6. The Morgan fingerprint density at radius 1 is 1.04 bits per heavy atom. The second kappa shape index (κ2) is 8.48. The summed E-state index contributed by atoms with van der Waals surface area (Å²) in [6.07, 6.45) is 4.73. The zero-order chi connectivity index (χ0) is 18.4. The Labute approximate surface area is 155 Å². The van der Waals surface area contributed by atoms with E-state index in [1.165, 1.54) is 11.1 Å². The van der Waals surface area contributed by atoms with Gasteiger partial charge < -0.3 is 5.21 Å². The van der Waals surface area contributed by atoms with Gasteiger partial charge in [0.25, 0.3) is 0 Å². The van der Waals surface area contributed by atoms with Crippen molar-refractivity contribution < 1.29 is 5.21 Å². The van der Waals surface area contributed by atoms with Crippen LogP contribution in [-0.4, -0.2) is 23.7 Å². The molecule has 1 atom stereocenters. The lowest BCUT2D eigenvalue weighted by atomic mass is 9.82. The third kappa shape index (κ3) is 4.39. The Morgan fingerprint density at radius 3 is 2.38 bits per heavy atom. The van der Waals surface area contributed by atoms with Gasteiger partial charge in [0.15, 0.2) is 0 Å². The molecule has 2 radical (unpaired) electrons. The largest absolute Gasteiger partial charge is 0.411 e. The van der Waals surface area contributed by atoms with Crippen LogP contribution < -0.4 is 5.46 Å². The number of aromatic nitrogens is 1. The van der Waals surface area contributed by atoms with E-state index in [4.69, 9.17) is 7.85 Å². The van der Waals surface area contributed by atoms with Crippen molar-refractivity contribution in [3.8, 4) is 0 Å². The van der Waals surface area contributed by atoms with Crippen molar-refractivity contribution in [2.75, 3.05) is 0 Å². The van der Waals surface area contributed by atoms with E-state index >= 15 is 0 Å². The number of pyridine rings is 1. The molecule has 2 aromatic carbocycles. The molecule has 1 heterocycles. The molecule has 0 spiro atoms. The van der Waals surface area contributed by atoms with E-state index in [1.54, 1.807) is 12.4 Å². The lowest BCUT2D eigenvalue weighted by molar-refractivity contribution is 0.316. The van der Waals surface area contributed by atoms with Crippen molar-refractivity contribution in [1.29, 1.82) is 0 Å². The fourth-order valence-electron chi connectivity index (χ4n) is 3.23. The maximum absolute atomic E-state index is 9.60. The topological polar surface area (TPSA) is 45.5 Å². The summed E-state index contributed by atoms with van der Waals surface area (Å²) in [5.41, 5.74) is 6.16. The predicted octanol–water partition coefficient (Wildman–Crippen LogP) is 3.78. The molecule has 3 rings (SSSR count). The van der Waals surface area contributed by atoms with Crippen LogP contribution in [-0.2, 0) is 6.42 Å². The molecule has 0 aliphatic rings. The molecule has 1 aromatic heterocycles. The van der Waals surface area contributed by atoms with Crippen molar-refractivity contribution in [3.05, 3.63) is 95.3 Å². The third-order valence-corrected chi connectivity index (χ3v) is 4.64. The third-order valence-electron chi connectivity index (χ3n) is 4.64. The maximum Gasteiger partial charge on any atom is 0.113 e. The van der Waals surface area contributed by atoms with Gasteiger partial charge in [0.2, 0.25) is 0 Å². The molecule has 0 saturated carbocycles. The molecule has 1 N–H and O–H groups in total. The molecule has 3 nitrogen and oxygen atoms in total. The molecule has 0 unspecified atom stereocenters. The van der Waals surface area contributed by atoms with E-state index in [1.807, 2.05) is 48.5 Å². The van der Waals surface area contributed by atoms with Gasteiger partial charge in [-0.15, -0.1) is 0 Å². The number of hydrogen-bond donors (Lipinski definition) is 1. The van der Waals surface area contributed by atoms with Gasteiger partial charge in [-0.25, -0.2) is 0 Å². The monoisotopic (exact) mass is 340 g/mol. The van der Waals surface area contributed by atoms with Crippen LogP contribution in [0.5, 0.6) is 0 Å². The highest BCUT2D eigenvalue weighted by Gasteiger charge is 2.19. The summed E-state index contributed by atoms with van der Waals surface area (Å²) in [4.78, 5) is 4.04. The van der Waals surface area contributed by atoms with Crippen LogP contribution in [0.15, 0.2) is 78.2 Å². The lowest BCUT2D eigenvalue weighted by Gasteiger charge is -2.21. The molecule has 26 heavy (non-hydrogen) atoms. The summed E-state index contributed by atoms with van der Waals surface area (Å²) in [5, 5.41) is 13.2. The van der Waals surface area contributed by atoms with Crippen molar-refractivity contribution in [2.45, 2.75) is 25.7 Å². The Hall–Kier alpha value is -2.88. The van der Waals surface area contributed by atoms with Crippen molar-refractivity contribution in [1.82, 2.24) is 4.98 Å². The van der Waals surface area contributed by atoms with Crippen LogP contribution in [0.1, 0.15) is 34.6 Å². The lowest BCUT2D eigenvalue weighted by Crippen LogP contribution is -2.13. The molecule has 128 valence electrons. The Kier molecular flexibility index (Phi) is 5.85. The number of hydrogen-bond acceptors (Lipinski definition) is 3. The maximum atomic E-state index is 9.60. The molecule has 0 amide bonds. The van der Waals surface area contributed by atoms with Gasteiger partial charge in [-0.3, -0.25) is 4.98 Å². The zero-order valence-electron chi connectivity index (χ0n) is 14.8. The normalized spacial score (nSPS) is 12.7. The minimum absolute atomic E-state index is 0.101.